The second kappa shape index (κ2) is 6.95. The molecule has 0 atom stereocenters. The Morgan fingerprint density at radius 2 is 1.95 bits per heavy atom. The SMILES string of the molecule is CCNC(=O)CCOc1ccc(S(=O)(=O)Cl)c(C)c1C. The molecule has 0 spiro atoms. The molecule has 1 rings (SSSR count). The van der Waals surface area contributed by atoms with Gasteiger partial charge in [0.2, 0.25) is 5.91 Å². The largest absolute Gasteiger partial charge is 0.493 e. The molecule has 5 nitrogen and oxygen atoms in total. The van der Waals surface area contributed by atoms with Gasteiger partial charge in [-0.05, 0) is 44.0 Å². The van der Waals surface area contributed by atoms with Crippen molar-refractivity contribution in [1.29, 1.82) is 0 Å². The van der Waals surface area contributed by atoms with Crippen molar-refractivity contribution in [3.05, 3.63) is 23.3 Å². The van der Waals surface area contributed by atoms with Crippen LogP contribution in [0.25, 0.3) is 0 Å². The molecular formula is C13H18ClNO4S. The topological polar surface area (TPSA) is 72.5 Å². The Kier molecular flexibility index (Phi) is 5.83. The van der Waals surface area contributed by atoms with Crippen LogP contribution in [0.4, 0.5) is 0 Å². The molecule has 0 saturated heterocycles. The maximum atomic E-state index is 11.4. The van der Waals surface area contributed by atoms with E-state index in [1.54, 1.807) is 19.9 Å². The molecule has 0 saturated carbocycles. The molecule has 1 N–H and O–H groups in total. The number of ether oxygens (including phenoxy) is 1. The van der Waals surface area contributed by atoms with Crippen LogP contribution in [0.3, 0.4) is 0 Å². The van der Waals surface area contributed by atoms with Crippen molar-refractivity contribution in [2.24, 2.45) is 0 Å². The van der Waals surface area contributed by atoms with Gasteiger partial charge >= 0.3 is 0 Å². The van der Waals surface area contributed by atoms with E-state index in [1.807, 2.05) is 6.92 Å². The van der Waals surface area contributed by atoms with Gasteiger partial charge < -0.3 is 10.1 Å². The first-order chi connectivity index (χ1) is 9.27. The highest BCUT2D eigenvalue weighted by molar-refractivity contribution is 8.13. The van der Waals surface area contributed by atoms with E-state index in [1.165, 1.54) is 6.07 Å². The van der Waals surface area contributed by atoms with Crippen LogP contribution in [-0.2, 0) is 13.8 Å². The van der Waals surface area contributed by atoms with Gasteiger partial charge in [-0.1, -0.05) is 0 Å². The minimum Gasteiger partial charge on any atom is -0.493 e. The summed E-state index contributed by atoms with van der Waals surface area (Å²) in [5.41, 5.74) is 1.25. The van der Waals surface area contributed by atoms with E-state index >= 15 is 0 Å². The van der Waals surface area contributed by atoms with Crippen LogP contribution in [0.5, 0.6) is 5.75 Å². The van der Waals surface area contributed by atoms with Gasteiger partial charge in [-0.15, -0.1) is 0 Å². The third-order valence-corrected chi connectivity index (χ3v) is 4.38. The van der Waals surface area contributed by atoms with Crippen LogP contribution >= 0.6 is 10.7 Å². The summed E-state index contributed by atoms with van der Waals surface area (Å²) in [6.45, 7) is 6.08. The number of carbonyl (C=O) groups excluding carboxylic acids is 1. The molecule has 0 radical (unpaired) electrons. The van der Waals surface area contributed by atoms with Crippen LogP contribution < -0.4 is 10.1 Å². The monoisotopic (exact) mass is 319 g/mol. The van der Waals surface area contributed by atoms with E-state index in [0.717, 1.165) is 0 Å². The number of carbonyl (C=O) groups is 1. The summed E-state index contributed by atoms with van der Waals surface area (Å²) < 4.78 is 28.2. The highest BCUT2D eigenvalue weighted by Crippen LogP contribution is 2.28. The molecule has 1 amide bonds. The Morgan fingerprint density at radius 3 is 2.50 bits per heavy atom. The third-order valence-electron chi connectivity index (χ3n) is 2.91. The average Bonchev–Trinajstić information content (AvgIpc) is 2.33. The van der Waals surface area contributed by atoms with Crippen molar-refractivity contribution in [3.63, 3.8) is 0 Å². The van der Waals surface area contributed by atoms with Gasteiger partial charge in [0.1, 0.15) is 5.75 Å². The first-order valence-corrected chi connectivity index (χ1v) is 8.52. The highest BCUT2D eigenvalue weighted by Gasteiger charge is 2.17. The van der Waals surface area contributed by atoms with Crippen LogP contribution in [0.15, 0.2) is 17.0 Å². The number of halogens is 1. The van der Waals surface area contributed by atoms with E-state index in [4.69, 9.17) is 15.4 Å². The fourth-order valence-corrected chi connectivity index (χ4v) is 2.98. The molecule has 0 aliphatic carbocycles. The number of amides is 1. The molecule has 0 bridgehead atoms. The van der Waals surface area contributed by atoms with Gasteiger partial charge in [0.05, 0.1) is 17.9 Å². The minimum absolute atomic E-state index is 0.0766. The molecule has 0 heterocycles. The summed E-state index contributed by atoms with van der Waals surface area (Å²) >= 11 is 0. The molecule has 0 aromatic heterocycles. The van der Waals surface area contributed by atoms with Gasteiger partial charge in [-0.3, -0.25) is 4.79 Å². The molecule has 0 aliphatic heterocycles. The molecule has 1 aromatic carbocycles. The van der Waals surface area contributed by atoms with Crippen molar-refractivity contribution in [3.8, 4) is 5.75 Å². The number of nitrogens with one attached hydrogen (secondary N) is 1. The van der Waals surface area contributed by atoms with Gasteiger partial charge in [-0.2, -0.15) is 0 Å². The van der Waals surface area contributed by atoms with E-state index in [2.05, 4.69) is 5.32 Å². The van der Waals surface area contributed by atoms with Crippen molar-refractivity contribution in [2.45, 2.75) is 32.1 Å². The van der Waals surface area contributed by atoms with Crippen molar-refractivity contribution < 1.29 is 17.9 Å². The van der Waals surface area contributed by atoms with Gasteiger partial charge in [0, 0.05) is 17.2 Å². The van der Waals surface area contributed by atoms with Crippen LogP contribution in [-0.4, -0.2) is 27.5 Å². The Morgan fingerprint density at radius 1 is 1.30 bits per heavy atom. The maximum Gasteiger partial charge on any atom is 0.261 e. The summed E-state index contributed by atoms with van der Waals surface area (Å²) in [5.74, 6) is 0.470. The van der Waals surface area contributed by atoms with Crippen LogP contribution in [0.2, 0.25) is 0 Å². The molecule has 1 aromatic rings. The fraction of sp³-hybridized carbons (Fsp3) is 0.462. The molecule has 0 fully saturated rings. The average molecular weight is 320 g/mol. The minimum atomic E-state index is -3.76. The van der Waals surface area contributed by atoms with Crippen LogP contribution in [0, 0.1) is 13.8 Å². The van der Waals surface area contributed by atoms with Crippen molar-refractivity contribution >= 4 is 25.6 Å². The summed E-state index contributed by atoms with van der Waals surface area (Å²) in [6, 6.07) is 2.96. The van der Waals surface area contributed by atoms with Crippen molar-refractivity contribution in [2.75, 3.05) is 13.2 Å². The lowest BCUT2D eigenvalue weighted by Crippen LogP contribution is -2.24. The zero-order valence-corrected chi connectivity index (χ0v) is 13.3. The number of hydrogen-bond acceptors (Lipinski definition) is 4. The molecule has 112 valence electrons. The fourth-order valence-electron chi connectivity index (χ4n) is 1.73. The zero-order chi connectivity index (χ0) is 15.3. The molecule has 7 heteroatoms. The normalized spacial score (nSPS) is 11.2. The Labute approximate surface area is 123 Å². The lowest BCUT2D eigenvalue weighted by Gasteiger charge is -2.13. The second-order valence-corrected chi connectivity index (χ2v) is 6.84. The standard InChI is InChI=1S/C13H18ClNO4S/c1-4-15-13(16)7-8-19-11-5-6-12(20(14,17)18)10(3)9(11)2/h5-6H,4,7-8H2,1-3H3,(H,15,16). The Balaban J connectivity index is 2.79. The third kappa shape index (κ3) is 4.38. The number of benzene rings is 1. The molecule has 0 unspecified atom stereocenters. The highest BCUT2D eigenvalue weighted by atomic mass is 35.7. The maximum absolute atomic E-state index is 11.4. The summed E-state index contributed by atoms with van der Waals surface area (Å²) in [7, 11) is 1.59. The smallest absolute Gasteiger partial charge is 0.261 e. The quantitative estimate of drug-likeness (QED) is 0.815. The summed E-state index contributed by atoms with van der Waals surface area (Å²) in [5, 5.41) is 2.67. The molecule has 20 heavy (non-hydrogen) atoms. The number of rotatable bonds is 6. The number of hydrogen-bond donors (Lipinski definition) is 1. The lowest BCUT2D eigenvalue weighted by molar-refractivity contribution is -0.121. The first-order valence-electron chi connectivity index (χ1n) is 6.21. The van der Waals surface area contributed by atoms with E-state index in [9.17, 15) is 13.2 Å². The van der Waals surface area contributed by atoms with E-state index in [0.29, 0.717) is 23.4 Å². The van der Waals surface area contributed by atoms with Crippen molar-refractivity contribution in [1.82, 2.24) is 5.32 Å². The van der Waals surface area contributed by atoms with Gasteiger partial charge in [0.15, 0.2) is 0 Å². The van der Waals surface area contributed by atoms with E-state index < -0.39 is 9.05 Å². The van der Waals surface area contributed by atoms with E-state index in [-0.39, 0.29) is 23.8 Å². The van der Waals surface area contributed by atoms with Gasteiger partial charge in [0.25, 0.3) is 9.05 Å². The summed E-state index contributed by atoms with van der Waals surface area (Å²) in [4.78, 5) is 11.4. The Hall–Kier alpha value is -1.27. The second-order valence-electron chi connectivity index (χ2n) is 4.30. The van der Waals surface area contributed by atoms with Crippen LogP contribution in [0.1, 0.15) is 24.5 Å². The predicted octanol–water partition coefficient (Wildman–Crippen LogP) is 2.14. The predicted molar refractivity (Wildman–Crippen MR) is 77.8 cm³/mol. The first kappa shape index (κ1) is 16.8. The summed E-state index contributed by atoms with van der Waals surface area (Å²) in [6.07, 6.45) is 0.252. The van der Waals surface area contributed by atoms with Gasteiger partial charge in [-0.25, -0.2) is 8.42 Å². The zero-order valence-electron chi connectivity index (χ0n) is 11.7. The molecule has 0 aliphatic rings. The molecular weight excluding hydrogens is 302 g/mol. The lowest BCUT2D eigenvalue weighted by atomic mass is 10.1. The Bertz CT molecular complexity index is 599.